The van der Waals surface area contributed by atoms with E-state index in [1.807, 2.05) is 19.9 Å². The molecule has 216 valence electrons. The number of hydrogen-bond donors (Lipinski definition) is 1. The highest BCUT2D eigenvalue weighted by Crippen LogP contribution is 2.33. The largest absolute Gasteiger partial charge is 0.471 e. The van der Waals surface area contributed by atoms with Crippen molar-refractivity contribution >= 4 is 17.7 Å². The van der Waals surface area contributed by atoms with Gasteiger partial charge >= 0.3 is 6.09 Å². The summed E-state index contributed by atoms with van der Waals surface area (Å²) in [6.07, 6.45) is 1.12. The topological polar surface area (TPSA) is 98.7 Å². The standard InChI is InChI=1S/C29H38FN5O5/c1-19-13-33(25(16-34(19)29(37)38)15-32-8-9-39-18-20(32)2)17-27(36)35-14-21(3)40-28-26(35)11-23(12-31-28)10-22-4-6-24(30)7-5-22/h4-7,11-12,19-21,25H,8-10,13-18H2,1-3H3,(H,37,38)/t19-,20+,21?,25?/m0/s1. The van der Waals surface area contributed by atoms with E-state index in [9.17, 15) is 19.1 Å². The molecule has 2 unspecified atom stereocenters. The van der Waals surface area contributed by atoms with E-state index in [0.29, 0.717) is 57.4 Å². The third-order valence-electron chi connectivity index (χ3n) is 8.04. The number of morpholine rings is 1. The Balaban J connectivity index is 1.35. The highest BCUT2D eigenvalue weighted by Gasteiger charge is 2.38. The lowest BCUT2D eigenvalue weighted by Gasteiger charge is -2.47. The van der Waals surface area contributed by atoms with Crippen LogP contribution in [0.1, 0.15) is 31.9 Å². The SMILES string of the molecule is CC1CN(C(=O)CN2C[C@H](C)N(C(=O)O)CC2CN2CCOC[C@H]2C)c2cc(Cc3ccc(F)cc3)cnc2O1. The number of amides is 2. The molecule has 3 aliphatic rings. The minimum absolute atomic E-state index is 0.0758. The molecule has 10 nitrogen and oxygen atoms in total. The van der Waals surface area contributed by atoms with Crippen molar-refractivity contribution in [2.75, 3.05) is 57.4 Å². The predicted molar refractivity (Wildman–Crippen MR) is 147 cm³/mol. The van der Waals surface area contributed by atoms with Crippen molar-refractivity contribution in [2.45, 2.75) is 51.4 Å². The van der Waals surface area contributed by atoms with Crippen molar-refractivity contribution in [3.63, 3.8) is 0 Å². The molecule has 2 amide bonds. The summed E-state index contributed by atoms with van der Waals surface area (Å²) in [7, 11) is 0. The van der Waals surface area contributed by atoms with E-state index in [-0.39, 0.29) is 42.5 Å². The number of aromatic nitrogens is 1. The van der Waals surface area contributed by atoms with Crippen molar-refractivity contribution in [1.29, 1.82) is 0 Å². The number of ether oxygens (including phenoxy) is 2. The summed E-state index contributed by atoms with van der Waals surface area (Å²) in [5.41, 5.74) is 2.46. The number of benzene rings is 1. The van der Waals surface area contributed by atoms with Crippen LogP contribution in [0.15, 0.2) is 36.5 Å². The van der Waals surface area contributed by atoms with Crippen molar-refractivity contribution in [1.82, 2.24) is 19.7 Å². The van der Waals surface area contributed by atoms with E-state index >= 15 is 0 Å². The Kier molecular flexibility index (Phi) is 8.53. The van der Waals surface area contributed by atoms with Crippen LogP contribution in [-0.4, -0.2) is 114 Å². The van der Waals surface area contributed by atoms with Crippen molar-refractivity contribution in [2.24, 2.45) is 0 Å². The molecule has 1 aromatic carbocycles. The first-order chi connectivity index (χ1) is 19.2. The summed E-state index contributed by atoms with van der Waals surface area (Å²) in [5, 5.41) is 9.80. The monoisotopic (exact) mass is 555 g/mol. The molecule has 0 spiro atoms. The molecule has 2 saturated heterocycles. The molecule has 0 aliphatic carbocycles. The van der Waals surface area contributed by atoms with Crippen molar-refractivity contribution < 1.29 is 28.6 Å². The van der Waals surface area contributed by atoms with Gasteiger partial charge in [-0.1, -0.05) is 12.1 Å². The zero-order valence-electron chi connectivity index (χ0n) is 23.3. The van der Waals surface area contributed by atoms with Crippen LogP contribution in [0, 0.1) is 5.82 Å². The van der Waals surface area contributed by atoms with E-state index in [2.05, 4.69) is 21.7 Å². The maximum Gasteiger partial charge on any atom is 0.407 e. The number of anilines is 1. The molecule has 0 radical (unpaired) electrons. The minimum Gasteiger partial charge on any atom is -0.471 e. The Morgan fingerprint density at radius 2 is 1.82 bits per heavy atom. The molecule has 2 aromatic rings. The minimum atomic E-state index is -0.936. The average molecular weight is 556 g/mol. The second kappa shape index (κ2) is 12.1. The number of fused-ring (bicyclic) bond motifs is 1. The number of carbonyl (C=O) groups excluding carboxylic acids is 1. The first-order valence-electron chi connectivity index (χ1n) is 13.9. The van der Waals surface area contributed by atoms with Gasteiger partial charge in [0.2, 0.25) is 11.8 Å². The fourth-order valence-corrected chi connectivity index (χ4v) is 5.83. The van der Waals surface area contributed by atoms with Crippen LogP contribution in [-0.2, 0) is 16.0 Å². The molecular weight excluding hydrogens is 517 g/mol. The van der Waals surface area contributed by atoms with Crippen LogP contribution in [0.3, 0.4) is 0 Å². The van der Waals surface area contributed by atoms with Crippen LogP contribution in [0.2, 0.25) is 0 Å². The Morgan fingerprint density at radius 3 is 2.55 bits per heavy atom. The summed E-state index contributed by atoms with van der Waals surface area (Å²) in [6.45, 7) is 9.99. The van der Waals surface area contributed by atoms with Gasteiger partial charge in [-0.25, -0.2) is 14.2 Å². The number of rotatable bonds is 6. The first-order valence-corrected chi connectivity index (χ1v) is 13.9. The molecule has 1 N–H and O–H groups in total. The van der Waals surface area contributed by atoms with E-state index in [0.717, 1.165) is 17.7 Å². The summed E-state index contributed by atoms with van der Waals surface area (Å²) >= 11 is 0. The number of carboxylic acid groups (broad SMARTS) is 1. The van der Waals surface area contributed by atoms with Crippen molar-refractivity contribution in [3.8, 4) is 5.88 Å². The Morgan fingerprint density at radius 1 is 1.05 bits per heavy atom. The van der Waals surface area contributed by atoms with Gasteiger partial charge in [0.1, 0.15) is 17.6 Å². The van der Waals surface area contributed by atoms with Gasteiger partial charge in [-0.2, -0.15) is 0 Å². The highest BCUT2D eigenvalue weighted by atomic mass is 19.1. The lowest BCUT2D eigenvalue weighted by atomic mass is 10.0. The first kappa shape index (κ1) is 28.3. The van der Waals surface area contributed by atoms with E-state index < -0.39 is 6.09 Å². The highest BCUT2D eigenvalue weighted by molar-refractivity contribution is 5.96. The number of pyridine rings is 1. The Hall–Kier alpha value is -3.28. The zero-order chi connectivity index (χ0) is 28.4. The lowest BCUT2D eigenvalue weighted by molar-refractivity contribution is -0.122. The zero-order valence-corrected chi connectivity index (χ0v) is 23.3. The van der Waals surface area contributed by atoms with Gasteiger partial charge < -0.3 is 24.4 Å². The van der Waals surface area contributed by atoms with E-state index in [4.69, 9.17) is 9.47 Å². The molecule has 3 aliphatic heterocycles. The second-order valence-corrected chi connectivity index (χ2v) is 11.2. The number of nitrogens with zero attached hydrogens (tertiary/aromatic N) is 5. The van der Waals surface area contributed by atoms with Gasteiger partial charge in [-0.3, -0.25) is 14.6 Å². The summed E-state index contributed by atoms with van der Waals surface area (Å²) in [6, 6.07) is 8.13. The second-order valence-electron chi connectivity index (χ2n) is 11.2. The van der Waals surface area contributed by atoms with Crippen molar-refractivity contribution in [3.05, 3.63) is 53.5 Å². The maximum atomic E-state index is 13.9. The smallest absolute Gasteiger partial charge is 0.407 e. The molecule has 1 aromatic heterocycles. The number of carbonyl (C=O) groups is 2. The number of hydrogen-bond acceptors (Lipinski definition) is 7. The molecule has 0 bridgehead atoms. The molecule has 40 heavy (non-hydrogen) atoms. The summed E-state index contributed by atoms with van der Waals surface area (Å²) in [4.78, 5) is 38.0. The fraction of sp³-hybridized carbons (Fsp3) is 0.552. The molecule has 0 saturated carbocycles. The Bertz CT molecular complexity index is 1210. The molecular formula is C29H38FN5O5. The van der Waals surface area contributed by atoms with Gasteiger partial charge in [-0.05, 0) is 56.5 Å². The number of halogens is 1. The molecule has 11 heteroatoms. The Labute approximate surface area is 234 Å². The van der Waals surface area contributed by atoms with Gasteiger partial charge in [-0.15, -0.1) is 0 Å². The predicted octanol–water partition coefficient (Wildman–Crippen LogP) is 2.70. The van der Waals surface area contributed by atoms with Gasteiger partial charge in [0.25, 0.3) is 0 Å². The molecule has 4 atom stereocenters. The van der Waals surface area contributed by atoms with Gasteiger partial charge in [0.15, 0.2) is 0 Å². The maximum absolute atomic E-state index is 13.9. The van der Waals surface area contributed by atoms with Crippen LogP contribution in [0.5, 0.6) is 5.88 Å². The average Bonchev–Trinajstić information content (AvgIpc) is 2.92. The van der Waals surface area contributed by atoms with E-state index in [1.54, 1.807) is 23.2 Å². The lowest BCUT2D eigenvalue weighted by Crippen LogP contribution is -2.64. The van der Waals surface area contributed by atoms with Crippen LogP contribution < -0.4 is 9.64 Å². The molecule has 2 fully saturated rings. The third-order valence-corrected chi connectivity index (χ3v) is 8.04. The molecule has 4 heterocycles. The quantitative estimate of drug-likeness (QED) is 0.581. The van der Waals surface area contributed by atoms with Crippen LogP contribution in [0.25, 0.3) is 0 Å². The fourth-order valence-electron chi connectivity index (χ4n) is 5.83. The normalized spacial score (nSPS) is 25.8. The van der Waals surface area contributed by atoms with Crippen LogP contribution >= 0.6 is 0 Å². The number of piperazine rings is 1. The van der Waals surface area contributed by atoms with Gasteiger partial charge in [0.05, 0.1) is 26.3 Å². The summed E-state index contributed by atoms with van der Waals surface area (Å²) < 4.78 is 24.9. The van der Waals surface area contributed by atoms with E-state index in [1.165, 1.54) is 17.0 Å². The van der Waals surface area contributed by atoms with Crippen LogP contribution in [0.4, 0.5) is 14.9 Å². The third kappa shape index (κ3) is 6.37. The summed E-state index contributed by atoms with van der Waals surface area (Å²) in [5.74, 6) is 0.0530. The molecule has 5 rings (SSSR count). The van der Waals surface area contributed by atoms with Gasteiger partial charge in [0, 0.05) is 50.5 Å².